The van der Waals surface area contributed by atoms with E-state index < -0.39 is 11.7 Å². The number of halogens is 3. The fourth-order valence-corrected chi connectivity index (χ4v) is 5.49. The molecule has 140 valence electrons. The van der Waals surface area contributed by atoms with Crippen molar-refractivity contribution < 1.29 is 18.0 Å². The molecule has 0 spiro atoms. The summed E-state index contributed by atoms with van der Waals surface area (Å²) >= 11 is 0. The van der Waals surface area contributed by atoms with Crippen molar-refractivity contribution in [2.24, 2.45) is 22.9 Å². The molecular formula is C19H22F3N3O. The van der Waals surface area contributed by atoms with Crippen LogP contribution in [0.2, 0.25) is 0 Å². The lowest BCUT2D eigenvalue weighted by Gasteiger charge is -2.56. The molecule has 0 atom stereocenters. The molecule has 0 unspecified atom stereocenters. The van der Waals surface area contributed by atoms with Crippen molar-refractivity contribution in [3.63, 3.8) is 0 Å². The van der Waals surface area contributed by atoms with Crippen LogP contribution in [0.3, 0.4) is 0 Å². The van der Waals surface area contributed by atoms with Gasteiger partial charge in [-0.1, -0.05) is 12.1 Å². The van der Waals surface area contributed by atoms with Gasteiger partial charge in [-0.05, 0) is 74.0 Å². The van der Waals surface area contributed by atoms with Gasteiger partial charge in [-0.3, -0.25) is 0 Å². The number of hydrogen-bond donors (Lipinski definition) is 2. The number of hydrogen-bond acceptors (Lipinski definition) is 2. The SMILES string of the molecule is O=C(N/N=C/c1cccc(C(F)(F)F)c1)NC12CC3CC(CC(C3)C1)C2. The number of benzene rings is 1. The smallest absolute Gasteiger partial charge is 0.331 e. The molecule has 2 N–H and O–H groups in total. The Morgan fingerprint density at radius 2 is 1.73 bits per heavy atom. The summed E-state index contributed by atoms with van der Waals surface area (Å²) in [7, 11) is 0. The second-order valence-electron chi connectivity index (χ2n) is 8.15. The first-order valence-corrected chi connectivity index (χ1v) is 9.10. The molecule has 0 aromatic heterocycles. The van der Waals surface area contributed by atoms with Crippen LogP contribution < -0.4 is 10.7 Å². The molecule has 4 bridgehead atoms. The molecule has 4 saturated carbocycles. The topological polar surface area (TPSA) is 53.5 Å². The monoisotopic (exact) mass is 365 g/mol. The van der Waals surface area contributed by atoms with Crippen molar-refractivity contribution in [2.45, 2.75) is 50.2 Å². The lowest BCUT2D eigenvalue weighted by molar-refractivity contribution is -0.137. The molecule has 4 aliphatic carbocycles. The summed E-state index contributed by atoms with van der Waals surface area (Å²) in [5, 5.41) is 6.91. The minimum absolute atomic E-state index is 0.120. The zero-order chi connectivity index (χ0) is 18.4. The maximum absolute atomic E-state index is 12.7. The first-order chi connectivity index (χ1) is 12.3. The normalized spacial score (nSPS) is 32.8. The van der Waals surface area contributed by atoms with Gasteiger partial charge in [0.1, 0.15) is 0 Å². The fraction of sp³-hybridized carbons (Fsp3) is 0.579. The van der Waals surface area contributed by atoms with Gasteiger partial charge in [-0.25, -0.2) is 10.2 Å². The second kappa shape index (κ2) is 6.28. The highest BCUT2D eigenvalue weighted by atomic mass is 19.4. The van der Waals surface area contributed by atoms with Crippen LogP contribution in [-0.4, -0.2) is 17.8 Å². The van der Waals surface area contributed by atoms with Crippen LogP contribution in [0.4, 0.5) is 18.0 Å². The molecule has 0 radical (unpaired) electrons. The minimum Gasteiger partial charge on any atom is -0.331 e. The van der Waals surface area contributed by atoms with Gasteiger partial charge in [0.2, 0.25) is 0 Å². The average molecular weight is 365 g/mol. The number of alkyl halides is 3. The standard InChI is InChI=1S/C19H22F3N3O/c20-19(21,22)16-3-1-2-12(7-16)11-23-25-17(26)24-18-8-13-4-14(9-18)6-15(5-13)10-18/h1-3,7,11,13-15H,4-6,8-10H2,(H2,24,25,26)/b23-11+. The Morgan fingerprint density at radius 3 is 2.31 bits per heavy atom. The number of carbonyl (C=O) groups excluding carboxylic acids is 1. The van der Waals surface area contributed by atoms with Crippen molar-refractivity contribution >= 4 is 12.2 Å². The highest BCUT2D eigenvalue weighted by Gasteiger charge is 2.51. The molecule has 2 amide bonds. The van der Waals surface area contributed by atoms with E-state index in [0.29, 0.717) is 0 Å². The predicted molar refractivity (Wildman–Crippen MR) is 91.6 cm³/mol. The van der Waals surface area contributed by atoms with Crippen LogP contribution in [-0.2, 0) is 6.18 Å². The van der Waals surface area contributed by atoms with Crippen LogP contribution in [0.5, 0.6) is 0 Å². The van der Waals surface area contributed by atoms with Crippen LogP contribution in [0.25, 0.3) is 0 Å². The number of rotatable bonds is 3. The molecule has 0 aliphatic heterocycles. The van der Waals surface area contributed by atoms with E-state index in [-0.39, 0.29) is 17.1 Å². The maximum Gasteiger partial charge on any atom is 0.416 e. The van der Waals surface area contributed by atoms with Crippen LogP contribution in [0, 0.1) is 17.8 Å². The summed E-state index contributed by atoms with van der Waals surface area (Å²) in [4.78, 5) is 12.2. The lowest BCUT2D eigenvalue weighted by Crippen LogP contribution is -2.61. The second-order valence-corrected chi connectivity index (χ2v) is 8.15. The average Bonchev–Trinajstić information content (AvgIpc) is 2.52. The molecule has 26 heavy (non-hydrogen) atoms. The van der Waals surface area contributed by atoms with Gasteiger partial charge in [0.05, 0.1) is 11.8 Å². The number of nitrogens with zero attached hydrogens (tertiary/aromatic N) is 1. The molecule has 1 aromatic rings. The highest BCUT2D eigenvalue weighted by molar-refractivity contribution is 5.82. The van der Waals surface area contributed by atoms with Crippen LogP contribution in [0.15, 0.2) is 29.4 Å². The minimum atomic E-state index is -4.40. The van der Waals surface area contributed by atoms with E-state index in [1.165, 1.54) is 37.6 Å². The molecule has 4 aliphatic rings. The van der Waals surface area contributed by atoms with Crippen molar-refractivity contribution in [2.75, 3.05) is 0 Å². The molecule has 0 heterocycles. The van der Waals surface area contributed by atoms with Crippen molar-refractivity contribution in [3.8, 4) is 0 Å². The number of amides is 2. The van der Waals surface area contributed by atoms with Gasteiger partial charge < -0.3 is 5.32 Å². The van der Waals surface area contributed by atoms with E-state index >= 15 is 0 Å². The van der Waals surface area contributed by atoms with Crippen LogP contribution in [0.1, 0.15) is 49.7 Å². The van der Waals surface area contributed by atoms with Crippen LogP contribution >= 0.6 is 0 Å². The summed E-state index contributed by atoms with van der Waals surface area (Å²) in [6.07, 6.45) is 3.79. The quantitative estimate of drug-likeness (QED) is 0.609. The molecule has 5 rings (SSSR count). The van der Waals surface area contributed by atoms with Crippen molar-refractivity contribution in [1.29, 1.82) is 0 Å². The van der Waals surface area contributed by atoms with E-state index in [2.05, 4.69) is 15.8 Å². The maximum atomic E-state index is 12.7. The van der Waals surface area contributed by atoms with Gasteiger partial charge in [0.25, 0.3) is 0 Å². The third-order valence-electron chi connectivity index (χ3n) is 6.01. The summed E-state index contributed by atoms with van der Waals surface area (Å²) in [6.45, 7) is 0. The van der Waals surface area contributed by atoms with Crippen molar-refractivity contribution in [1.82, 2.24) is 10.7 Å². The molecule has 0 saturated heterocycles. The number of carbonyl (C=O) groups is 1. The summed E-state index contributed by atoms with van der Waals surface area (Å²) < 4.78 is 38.1. The predicted octanol–water partition coefficient (Wildman–Crippen LogP) is 4.31. The summed E-state index contributed by atoms with van der Waals surface area (Å²) in [5.41, 5.74) is 1.83. The van der Waals surface area contributed by atoms with Crippen molar-refractivity contribution in [3.05, 3.63) is 35.4 Å². The Bertz CT molecular complexity index is 694. The van der Waals surface area contributed by atoms with E-state index in [4.69, 9.17) is 0 Å². The Kier molecular flexibility index (Phi) is 4.20. The van der Waals surface area contributed by atoms with Gasteiger partial charge >= 0.3 is 12.2 Å². The third kappa shape index (κ3) is 3.57. The lowest BCUT2D eigenvalue weighted by atomic mass is 9.53. The first-order valence-electron chi connectivity index (χ1n) is 9.10. The first kappa shape index (κ1) is 17.4. The highest BCUT2D eigenvalue weighted by Crippen LogP contribution is 2.55. The third-order valence-corrected chi connectivity index (χ3v) is 6.01. The zero-order valence-corrected chi connectivity index (χ0v) is 14.4. The number of hydrazone groups is 1. The van der Waals surface area contributed by atoms with E-state index in [1.807, 2.05) is 0 Å². The molecule has 4 fully saturated rings. The molecule has 1 aromatic carbocycles. The Morgan fingerprint density at radius 1 is 1.12 bits per heavy atom. The van der Waals surface area contributed by atoms with E-state index in [9.17, 15) is 18.0 Å². The van der Waals surface area contributed by atoms with E-state index in [1.54, 1.807) is 0 Å². The van der Waals surface area contributed by atoms with Gasteiger partial charge in [0.15, 0.2) is 0 Å². The summed E-state index contributed by atoms with van der Waals surface area (Å²) in [5.74, 6) is 2.15. The fourth-order valence-electron chi connectivity index (χ4n) is 5.49. The Labute approximate surface area is 150 Å². The largest absolute Gasteiger partial charge is 0.416 e. The number of nitrogens with one attached hydrogen (secondary N) is 2. The Balaban J connectivity index is 1.35. The number of urea groups is 1. The molecule has 4 nitrogen and oxygen atoms in total. The van der Waals surface area contributed by atoms with E-state index in [0.717, 1.165) is 49.1 Å². The van der Waals surface area contributed by atoms with Gasteiger partial charge in [-0.15, -0.1) is 0 Å². The van der Waals surface area contributed by atoms with Gasteiger partial charge in [0, 0.05) is 5.54 Å². The summed E-state index contributed by atoms with van der Waals surface area (Å²) in [6, 6.07) is 4.46. The molecule has 7 heteroatoms. The Hall–Kier alpha value is -2.05. The zero-order valence-electron chi connectivity index (χ0n) is 14.4. The molecular weight excluding hydrogens is 343 g/mol. The van der Waals surface area contributed by atoms with Gasteiger partial charge in [-0.2, -0.15) is 18.3 Å².